The van der Waals surface area contributed by atoms with E-state index in [9.17, 15) is 4.79 Å². The van der Waals surface area contributed by atoms with E-state index in [1.54, 1.807) is 6.92 Å². The van der Waals surface area contributed by atoms with Crippen molar-refractivity contribution in [2.24, 2.45) is 0 Å². The Balaban J connectivity index is 1.72. The van der Waals surface area contributed by atoms with Crippen molar-refractivity contribution in [1.82, 2.24) is 15.5 Å². The fourth-order valence-electron chi connectivity index (χ4n) is 1.91. The molecule has 0 unspecified atom stereocenters. The van der Waals surface area contributed by atoms with Crippen molar-refractivity contribution >= 4 is 5.97 Å². The lowest BCUT2D eigenvalue weighted by Crippen LogP contribution is -2.32. The van der Waals surface area contributed by atoms with E-state index in [4.69, 9.17) is 14.0 Å². The molecule has 0 atom stereocenters. The van der Waals surface area contributed by atoms with Crippen LogP contribution in [0.3, 0.4) is 0 Å². The van der Waals surface area contributed by atoms with Crippen LogP contribution in [0.5, 0.6) is 0 Å². The molecule has 0 aliphatic carbocycles. The minimum absolute atomic E-state index is 0.0290. The number of hydrogen-bond acceptors (Lipinski definition) is 7. The van der Waals surface area contributed by atoms with E-state index in [2.05, 4.69) is 15.5 Å². The van der Waals surface area contributed by atoms with Crippen molar-refractivity contribution in [2.45, 2.75) is 32.3 Å². The maximum absolute atomic E-state index is 11.3. The summed E-state index contributed by atoms with van der Waals surface area (Å²) in [6, 6.07) is 0. The molecule has 1 saturated heterocycles. The molecule has 19 heavy (non-hydrogen) atoms. The number of carbonyl (C=O) groups excluding carboxylic acids is 1. The molecular weight excluding hydrogens is 250 g/mol. The highest BCUT2D eigenvalue weighted by Gasteiger charge is 2.17. The number of rotatable bonds is 6. The maximum Gasteiger partial charge on any atom is 0.379 e. The Morgan fingerprint density at radius 3 is 3.00 bits per heavy atom. The molecule has 1 fully saturated rings. The van der Waals surface area contributed by atoms with E-state index < -0.39 is 5.97 Å². The highest BCUT2D eigenvalue weighted by Crippen LogP contribution is 2.08. The second-order valence-corrected chi connectivity index (χ2v) is 4.30. The molecule has 7 nitrogen and oxygen atoms in total. The summed E-state index contributed by atoms with van der Waals surface area (Å²) in [4.78, 5) is 15.3. The highest BCUT2D eigenvalue weighted by molar-refractivity contribution is 5.84. The Labute approximate surface area is 111 Å². The molecule has 1 N–H and O–H groups in total. The van der Waals surface area contributed by atoms with Crippen molar-refractivity contribution in [3.05, 3.63) is 11.7 Å². The maximum atomic E-state index is 11.3. The van der Waals surface area contributed by atoms with Crippen LogP contribution in [0.15, 0.2) is 4.52 Å². The molecular formula is C12H19N3O4. The van der Waals surface area contributed by atoms with Crippen LogP contribution in [0.4, 0.5) is 0 Å². The van der Waals surface area contributed by atoms with E-state index in [-0.39, 0.29) is 5.82 Å². The molecule has 0 radical (unpaired) electrons. The number of nitrogens with zero attached hydrogens (tertiary/aromatic N) is 2. The van der Waals surface area contributed by atoms with Gasteiger partial charge >= 0.3 is 5.97 Å². The van der Waals surface area contributed by atoms with Crippen LogP contribution in [0.25, 0.3) is 0 Å². The summed E-state index contributed by atoms with van der Waals surface area (Å²) in [7, 11) is 0. The number of carbonyl (C=O) groups is 1. The van der Waals surface area contributed by atoms with E-state index in [1.807, 2.05) is 0 Å². The third-order valence-corrected chi connectivity index (χ3v) is 2.88. The highest BCUT2D eigenvalue weighted by atomic mass is 16.5. The normalized spacial score (nSPS) is 16.5. The molecule has 0 aromatic carbocycles. The van der Waals surface area contributed by atoms with Gasteiger partial charge in [-0.1, -0.05) is 0 Å². The molecule has 0 bridgehead atoms. The average molecular weight is 269 g/mol. The lowest BCUT2D eigenvalue weighted by molar-refractivity contribution is 0.0322. The first-order valence-corrected chi connectivity index (χ1v) is 6.61. The number of hydrogen-bond donors (Lipinski definition) is 1. The summed E-state index contributed by atoms with van der Waals surface area (Å²) in [5.41, 5.74) is 0. The topological polar surface area (TPSA) is 86.5 Å². The third kappa shape index (κ3) is 4.29. The lowest BCUT2D eigenvalue weighted by Gasteiger charge is -2.22. The van der Waals surface area contributed by atoms with Crippen LogP contribution >= 0.6 is 0 Å². The molecule has 1 aromatic heterocycles. The summed E-state index contributed by atoms with van der Waals surface area (Å²) < 4.78 is 15.5. The van der Waals surface area contributed by atoms with E-state index >= 15 is 0 Å². The SMILES string of the molecule is CCOC(=O)c1noc(CCOC2CCNCC2)n1. The summed E-state index contributed by atoms with van der Waals surface area (Å²) >= 11 is 0. The zero-order valence-corrected chi connectivity index (χ0v) is 11.1. The van der Waals surface area contributed by atoms with Gasteiger partial charge in [0.15, 0.2) is 0 Å². The van der Waals surface area contributed by atoms with Gasteiger partial charge in [0.25, 0.3) is 5.82 Å². The summed E-state index contributed by atoms with van der Waals surface area (Å²) in [6.07, 6.45) is 2.86. The van der Waals surface area contributed by atoms with Gasteiger partial charge in [0, 0.05) is 0 Å². The predicted octanol–water partition coefficient (Wildman–Crippen LogP) is 0.557. The molecule has 1 aromatic rings. The standard InChI is InChI=1S/C12H19N3O4/c1-2-17-12(16)11-14-10(19-15-11)5-8-18-9-3-6-13-7-4-9/h9,13H,2-8H2,1H3. The first-order chi connectivity index (χ1) is 9.29. The van der Waals surface area contributed by atoms with E-state index in [0.29, 0.717) is 31.6 Å². The molecule has 2 rings (SSSR count). The van der Waals surface area contributed by atoms with Gasteiger partial charge in [0.05, 0.1) is 25.7 Å². The fourth-order valence-corrected chi connectivity index (χ4v) is 1.91. The molecule has 0 saturated carbocycles. The minimum atomic E-state index is -0.559. The van der Waals surface area contributed by atoms with Crippen molar-refractivity contribution in [3.63, 3.8) is 0 Å². The van der Waals surface area contributed by atoms with Crippen molar-refractivity contribution < 1.29 is 18.8 Å². The summed E-state index contributed by atoms with van der Waals surface area (Å²) in [6.45, 7) is 4.54. The second kappa shape index (κ2) is 7.20. The van der Waals surface area contributed by atoms with Crippen LogP contribution in [0.2, 0.25) is 0 Å². The predicted molar refractivity (Wildman–Crippen MR) is 65.8 cm³/mol. The van der Waals surface area contributed by atoms with Gasteiger partial charge in [-0.25, -0.2) is 4.79 Å². The number of esters is 1. The lowest BCUT2D eigenvalue weighted by atomic mass is 10.1. The average Bonchev–Trinajstić information content (AvgIpc) is 2.89. The van der Waals surface area contributed by atoms with E-state index in [0.717, 1.165) is 25.9 Å². The van der Waals surface area contributed by atoms with Gasteiger partial charge in [-0.05, 0) is 38.0 Å². The van der Waals surface area contributed by atoms with Crippen LogP contribution in [-0.2, 0) is 15.9 Å². The van der Waals surface area contributed by atoms with Crippen molar-refractivity contribution in [1.29, 1.82) is 0 Å². The first kappa shape index (κ1) is 14.0. The number of nitrogens with one attached hydrogen (secondary N) is 1. The Hall–Kier alpha value is -1.47. The van der Waals surface area contributed by atoms with Gasteiger partial charge in [0.1, 0.15) is 0 Å². The van der Waals surface area contributed by atoms with Gasteiger partial charge < -0.3 is 19.3 Å². The molecule has 7 heteroatoms. The summed E-state index contributed by atoms with van der Waals surface area (Å²) in [5, 5.41) is 6.85. The Bertz CT molecular complexity index is 401. The Morgan fingerprint density at radius 1 is 1.47 bits per heavy atom. The first-order valence-electron chi connectivity index (χ1n) is 6.61. The van der Waals surface area contributed by atoms with Crippen molar-refractivity contribution in [3.8, 4) is 0 Å². The molecule has 2 heterocycles. The minimum Gasteiger partial charge on any atom is -0.460 e. The number of ether oxygens (including phenoxy) is 2. The quantitative estimate of drug-likeness (QED) is 0.755. The second-order valence-electron chi connectivity index (χ2n) is 4.30. The zero-order valence-electron chi connectivity index (χ0n) is 11.1. The Kier molecular flexibility index (Phi) is 5.29. The molecule has 0 amide bonds. The monoisotopic (exact) mass is 269 g/mol. The van der Waals surface area contributed by atoms with Crippen LogP contribution in [0, 0.1) is 0 Å². The van der Waals surface area contributed by atoms with Crippen LogP contribution < -0.4 is 5.32 Å². The molecule has 0 spiro atoms. The van der Waals surface area contributed by atoms with Crippen molar-refractivity contribution in [2.75, 3.05) is 26.3 Å². The van der Waals surface area contributed by atoms with Crippen LogP contribution in [-0.4, -0.2) is 48.5 Å². The third-order valence-electron chi connectivity index (χ3n) is 2.88. The smallest absolute Gasteiger partial charge is 0.379 e. The molecule has 1 aliphatic rings. The van der Waals surface area contributed by atoms with Gasteiger partial charge in [-0.15, -0.1) is 0 Å². The Morgan fingerprint density at radius 2 is 2.26 bits per heavy atom. The number of aromatic nitrogens is 2. The number of piperidine rings is 1. The molecule has 1 aliphatic heterocycles. The zero-order chi connectivity index (χ0) is 13.5. The van der Waals surface area contributed by atoms with Gasteiger partial charge in [-0.2, -0.15) is 4.98 Å². The van der Waals surface area contributed by atoms with Gasteiger partial charge in [0.2, 0.25) is 5.89 Å². The summed E-state index contributed by atoms with van der Waals surface area (Å²) in [5.74, 6) is -0.188. The molecule has 106 valence electrons. The largest absolute Gasteiger partial charge is 0.460 e. The van der Waals surface area contributed by atoms with Gasteiger partial charge in [-0.3, -0.25) is 0 Å². The van der Waals surface area contributed by atoms with Crippen LogP contribution in [0.1, 0.15) is 36.3 Å². The fraction of sp³-hybridized carbons (Fsp3) is 0.750. The van der Waals surface area contributed by atoms with E-state index in [1.165, 1.54) is 0 Å².